The van der Waals surface area contributed by atoms with Crippen LogP contribution in [0.15, 0.2) is 51.9 Å². The Morgan fingerprint density at radius 3 is 2.43 bits per heavy atom. The predicted molar refractivity (Wildman–Crippen MR) is 136 cm³/mol. The third kappa shape index (κ3) is 5.45. The molecule has 0 spiro atoms. The molecule has 2 heterocycles. The van der Waals surface area contributed by atoms with Crippen LogP contribution in [0.1, 0.15) is 11.3 Å². The number of carbonyl (C=O) groups is 2. The second kappa shape index (κ2) is 10.4. The first-order valence-electron chi connectivity index (χ1n) is 11.3. The summed E-state index contributed by atoms with van der Waals surface area (Å²) in [5.74, 6) is 0.713. The van der Waals surface area contributed by atoms with E-state index in [2.05, 4.69) is 15.2 Å². The van der Waals surface area contributed by atoms with Crippen molar-refractivity contribution in [1.82, 2.24) is 10.1 Å². The summed E-state index contributed by atoms with van der Waals surface area (Å²) in [6.07, 6.45) is 0. The van der Waals surface area contributed by atoms with Gasteiger partial charge >= 0.3 is 6.03 Å². The van der Waals surface area contributed by atoms with Crippen LogP contribution in [0.4, 0.5) is 22.1 Å². The Hall–Kier alpha value is -4.26. The summed E-state index contributed by atoms with van der Waals surface area (Å²) in [7, 11) is -0.865. The van der Waals surface area contributed by atoms with Crippen LogP contribution in [0.2, 0.25) is 0 Å². The Morgan fingerprint density at radius 1 is 1.08 bits per heavy atom. The largest absolute Gasteiger partial charge is 0.497 e. The van der Waals surface area contributed by atoms with Crippen LogP contribution in [0, 0.1) is 13.8 Å². The zero-order valence-electron chi connectivity index (χ0n) is 20.8. The molecule has 0 aliphatic carbocycles. The molecule has 1 saturated heterocycles. The Balaban J connectivity index is 1.38. The van der Waals surface area contributed by atoms with E-state index in [9.17, 15) is 18.0 Å². The van der Waals surface area contributed by atoms with Gasteiger partial charge < -0.3 is 24.2 Å². The first-order valence-corrected chi connectivity index (χ1v) is 12.8. The molecule has 0 radical (unpaired) electrons. The SMILES string of the molecule is COc1ccc(OC)c(N2CCN(CC(=O)Nc3ccc(S(=O)(=O)Nc4onc(C)c4C)cc3)C2=O)c1. The number of methoxy groups -OCH3 is 2. The number of rotatable bonds is 9. The van der Waals surface area contributed by atoms with Crippen molar-refractivity contribution < 1.29 is 32.0 Å². The summed E-state index contributed by atoms with van der Waals surface area (Å²) < 4.78 is 43.3. The van der Waals surface area contributed by atoms with Crippen LogP contribution in [0.5, 0.6) is 11.5 Å². The molecule has 4 rings (SSSR count). The molecule has 1 aliphatic heterocycles. The van der Waals surface area contributed by atoms with Gasteiger partial charge in [-0.2, -0.15) is 0 Å². The van der Waals surface area contributed by atoms with Crippen LogP contribution in [-0.4, -0.2) is 64.3 Å². The van der Waals surface area contributed by atoms with Crippen molar-refractivity contribution in [2.75, 3.05) is 48.8 Å². The fourth-order valence-electron chi connectivity index (χ4n) is 3.74. The number of hydrogen-bond donors (Lipinski definition) is 2. The van der Waals surface area contributed by atoms with Gasteiger partial charge in [0.1, 0.15) is 18.0 Å². The Labute approximate surface area is 214 Å². The van der Waals surface area contributed by atoms with Gasteiger partial charge in [0.05, 0.1) is 30.5 Å². The molecule has 2 aromatic carbocycles. The molecular formula is C24H27N5O7S. The highest BCUT2D eigenvalue weighted by Crippen LogP contribution is 2.34. The number of anilines is 3. The Kier molecular flexibility index (Phi) is 7.25. The molecule has 12 nitrogen and oxygen atoms in total. The molecule has 0 bridgehead atoms. The van der Waals surface area contributed by atoms with Crippen LogP contribution < -0.4 is 24.4 Å². The predicted octanol–water partition coefficient (Wildman–Crippen LogP) is 2.99. The van der Waals surface area contributed by atoms with Gasteiger partial charge in [-0.15, -0.1) is 0 Å². The third-order valence-corrected chi connectivity index (χ3v) is 7.29. The van der Waals surface area contributed by atoms with Gasteiger partial charge in [0.25, 0.3) is 10.0 Å². The summed E-state index contributed by atoms with van der Waals surface area (Å²) in [6, 6.07) is 10.4. The number of aromatic nitrogens is 1. The summed E-state index contributed by atoms with van der Waals surface area (Å²) in [5, 5.41) is 6.42. The minimum atomic E-state index is -3.91. The maximum Gasteiger partial charge on any atom is 0.325 e. The molecule has 1 aromatic heterocycles. The third-order valence-electron chi connectivity index (χ3n) is 5.94. The average molecular weight is 530 g/mol. The van der Waals surface area contributed by atoms with E-state index < -0.39 is 15.9 Å². The lowest BCUT2D eigenvalue weighted by Gasteiger charge is -2.21. The normalized spacial score (nSPS) is 13.6. The van der Waals surface area contributed by atoms with Crippen molar-refractivity contribution in [2.24, 2.45) is 0 Å². The van der Waals surface area contributed by atoms with E-state index in [1.807, 2.05) is 0 Å². The molecule has 196 valence electrons. The average Bonchev–Trinajstić information content (AvgIpc) is 3.39. The molecule has 3 amide bonds. The summed E-state index contributed by atoms with van der Waals surface area (Å²) in [6.45, 7) is 3.94. The fourth-order valence-corrected chi connectivity index (χ4v) is 4.79. The number of carbonyl (C=O) groups excluding carboxylic acids is 2. The van der Waals surface area contributed by atoms with Gasteiger partial charge in [0, 0.05) is 30.4 Å². The molecule has 0 saturated carbocycles. The van der Waals surface area contributed by atoms with Crippen molar-refractivity contribution in [2.45, 2.75) is 18.7 Å². The van der Waals surface area contributed by atoms with Gasteiger partial charge in [-0.1, -0.05) is 5.16 Å². The molecule has 1 fully saturated rings. The monoisotopic (exact) mass is 529 g/mol. The maximum atomic E-state index is 13.0. The first kappa shape index (κ1) is 25.8. The number of hydrogen-bond acceptors (Lipinski definition) is 8. The standard InChI is InChI=1S/C24H27N5O7S/c1-15-16(2)26-36-23(15)27-37(32,33)19-8-5-17(6-9-19)25-22(30)14-28-11-12-29(24(28)31)20-13-18(34-3)7-10-21(20)35-4/h5-10,13,27H,11-12,14H2,1-4H3,(H,25,30). The maximum absolute atomic E-state index is 13.0. The second-order valence-corrected chi connectivity index (χ2v) is 9.98. The number of nitrogens with one attached hydrogen (secondary N) is 2. The number of sulfonamides is 1. The highest BCUT2D eigenvalue weighted by atomic mass is 32.2. The number of amides is 3. The lowest BCUT2D eigenvalue weighted by molar-refractivity contribution is -0.116. The molecule has 1 aliphatic rings. The van der Waals surface area contributed by atoms with E-state index in [4.69, 9.17) is 14.0 Å². The number of nitrogens with zero attached hydrogens (tertiary/aromatic N) is 3. The van der Waals surface area contributed by atoms with Crippen LogP contribution >= 0.6 is 0 Å². The van der Waals surface area contributed by atoms with Gasteiger partial charge in [0.2, 0.25) is 11.8 Å². The van der Waals surface area contributed by atoms with E-state index in [-0.39, 0.29) is 23.4 Å². The van der Waals surface area contributed by atoms with Gasteiger partial charge in [-0.3, -0.25) is 9.69 Å². The summed E-state index contributed by atoms with van der Waals surface area (Å²) in [4.78, 5) is 28.5. The Morgan fingerprint density at radius 2 is 1.81 bits per heavy atom. The van der Waals surface area contributed by atoms with Crippen molar-refractivity contribution in [3.8, 4) is 11.5 Å². The molecule has 3 aromatic rings. The topological polar surface area (TPSA) is 143 Å². The smallest absolute Gasteiger partial charge is 0.325 e. The van der Waals surface area contributed by atoms with Crippen LogP contribution in [-0.2, 0) is 14.8 Å². The Bertz CT molecular complexity index is 1420. The van der Waals surface area contributed by atoms with Crippen molar-refractivity contribution in [3.63, 3.8) is 0 Å². The highest BCUT2D eigenvalue weighted by molar-refractivity contribution is 7.92. The summed E-state index contributed by atoms with van der Waals surface area (Å²) in [5.41, 5.74) is 2.11. The lowest BCUT2D eigenvalue weighted by Crippen LogP contribution is -2.37. The minimum absolute atomic E-state index is 0.0171. The van der Waals surface area contributed by atoms with Crippen LogP contribution in [0.3, 0.4) is 0 Å². The quantitative estimate of drug-likeness (QED) is 0.431. The minimum Gasteiger partial charge on any atom is -0.497 e. The zero-order valence-corrected chi connectivity index (χ0v) is 21.6. The van der Waals surface area contributed by atoms with Crippen molar-refractivity contribution in [3.05, 3.63) is 53.7 Å². The van der Waals surface area contributed by atoms with E-state index in [0.717, 1.165) is 0 Å². The summed E-state index contributed by atoms with van der Waals surface area (Å²) >= 11 is 0. The molecule has 13 heteroatoms. The molecule has 0 atom stereocenters. The molecule has 37 heavy (non-hydrogen) atoms. The lowest BCUT2D eigenvalue weighted by atomic mass is 10.2. The van der Waals surface area contributed by atoms with E-state index in [1.54, 1.807) is 32.0 Å². The molecular weight excluding hydrogens is 502 g/mol. The number of aryl methyl sites for hydroxylation is 1. The van der Waals surface area contributed by atoms with Gasteiger partial charge in [-0.05, 0) is 50.2 Å². The fraction of sp³-hybridized carbons (Fsp3) is 0.292. The van der Waals surface area contributed by atoms with Crippen molar-refractivity contribution >= 4 is 39.2 Å². The van der Waals surface area contributed by atoms with E-state index >= 15 is 0 Å². The number of benzene rings is 2. The number of ether oxygens (including phenoxy) is 2. The molecule has 2 N–H and O–H groups in total. The van der Waals surface area contributed by atoms with E-state index in [0.29, 0.717) is 47.2 Å². The van der Waals surface area contributed by atoms with Crippen molar-refractivity contribution in [1.29, 1.82) is 0 Å². The van der Waals surface area contributed by atoms with Gasteiger partial charge in [-0.25, -0.2) is 17.9 Å². The first-order chi connectivity index (χ1) is 17.6. The van der Waals surface area contributed by atoms with Gasteiger partial charge in [0.15, 0.2) is 0 Å². The number of urea groups is 1. The van der Waals surface area contributed by atoms with Crippen LogP contribution in [0.25, 0.3) is 0 Å². The van der Waals surface area contributed by atoms with E-state index in [1.165, 1.54) is 48.3 Å². The second-order valence-electron chi connectivity index (χ2n) is 8.29. The zero-order chi connectivity index (χ0) is 26.7. The highest BCUT2D eigenvalue weighted by Gasteiger charge is 2.32. The molecule has 0 unspecified atom stereocenters.